The standard InChI is InChI=1S/C28H48O4Si2/c1-8-9-14-20-28(32-34(5,6)7,22-23-33(2,3)4)21-15-12-10-11-13-17-25(27(30)31)24-18-16-19-26(24)29/h10-11,15,21,24-25H,8-9,12-14,16-20H2,1-7H3,(H,30,31)/b11-10+,21-15-/t24-,25+,28?/m1/s1. The van der Waals surface area contributed by atoms with Crippen molar-refractivity contribution in [3.8, 4) is 11.5 Å². The number of Topliss-reactive ketones (excluding diaryl/α,β-unsaturated/α-hetero) is 1. The van der Waals surface area contributed by atoms with Crippen molar-refractivity contribution in [2.75, 3.05) is 0 Å². The maximum atomic E-state index is 12.0. The Morgan fingerprint density at radius 3 is 2.41 bits per heavy atom. The molecule has 0 aromatic carbocycles. The summed E-state index contributed by atoms with van der Waals surface area (Å²) >= 11 is 0. The first-order valence-electron chi connectivity index (χ1n) is 13.1. The molecule has 0 bridgehead atoms. The van der Waals surface area contributed by atoms with Crippen molar-refractivity contribution >= 4 is 28.1 Å². The second-order valence-corrected chi connectivity index (χ2v) is 20.8. The molecule has 0 aromatic heterocycles. The molecule has 1 aliphatic rings. The highest BCUT2D eigenvalue weighted by atomic mass is 28.4. The second kappa shape index (κ2) is 14.2. The van der Waals surface area contributed by atoms with Gasteiger partial charge in [0.15, 0.2) is 8.32 Å². The molecule has 4 nitrogen and oxygen atoms in total. The zero-order valence-corrected chi connectivity index (χ0v) is 24.7. The monoisotopic (exact) mass is 504 g/mol. The smallest absolute Gasteiger partial charge is 0.307 e. The van der Waals surface area contributed by atoms with E-state index in [9.17, 15) is 14.7 Å². The molecule has 34 heavy (non-hydrogen) atoms. The van der Waals surface area contributed by atoms with Gasteiger partial charge < -0.3 is 9.53 Å². The Morgan fingerprint density at radius 1 is 1.18 bits per heavy atom. The highest BCUT2D eigenvalue weighted by Crippen LogP contribution is 2.31. The van der Waals surface area contributed by atoms with Crippen LogP contribution in [0.2, 0.25) is 39.3 Å². The van der Waals surface area contributed by atoms with Gasteiger partial charge in [0, 0.05) is 12.3 Å². The van der Waals surface area contributed by atoms with Crippen LogP contribution >= 0.6 is 0 Å². The third-order valence-corrected chi connectivity index (χ3v) is 7.77. The van der Waals surface area contributed by atoms with Crippen LogP contribution in [0.15, 0.2) is 24.3 Å². The maximum Gasteiger partial charge on any atom is 0.307 e. The number of rotatable bonds is 14. The van der Waals surface area contributed by atoms with Crippen LogP contribution in [0, 0.1) is 23.3 Å². The van der Waals surface area contributed by atoms with Crippen LogP contribution in [-0.2, 0) is 14.0 Å². The highest BCUT2D eigenvalue weighted by molar-refractivity contribution is 6.83. The summed E-state index contributed by atoms with van der Waals surface area (Å²) in [5, 5.41) is 9.56. The van der Waals surface area contributed by atoms with Crippen LogP contribution in [0.1, 0.15) is 71.1 Å². The number of allylic oxidation sites excluding steroid dienone is 3. The van der Waals surface area contributed by atoms with Gasteiger partial charge in [-0.05, 0) is 70.7 Å². The van der Waals surface area contributed by atoms with Crippen LogP contribution < -0.4 is 0 Å². The van der Waals surface area contributed by atoms with Gasteiger partial charge in [0.25, 0.3) is 0 Å². The first-order chi connectivity index (χ1) is 15.8. The van der Waals surface area contributed by atoms with Crippen molar-refractivity contribution < 1.29 is 19.1 Å². The summed E-state index contributed by atoms with van der Waals surface area (Å²) in [5.41, 5.74) is 3.04. The Hall–Kier alpha value is -1.43. The molecule has 6 heteroatoms. The van der Waals surface area contributed by atoms with E-state index in [4.69, 9.17) is 4.43 Å². The number of carbonyl (C=O) groups is 2. The van der Waals surface area contributed by atoms with E-state index >= 15 is 0 Å². The summed E-state index contributed by atoms with van der Waals surface area (Å²) in [6.07, 6.45) is 16.9. The molecule has 1 unspecified atom stereocenters. The van der Waals surface area contributed by atoms with E-state index in [1.54, 1.807) is 0 Å². The lowest BCUT2D eigenvalue weighted by molar-refractivity contribution is -0.146. The van der Waals surface area contributed by atoms with Crippen LogP contribution in [-0.4, -0.2) is 38.9 Å². The zero-order valence-electron chi connectivity index (χ0n) is 22.7. The first kappa shape index (κ1) is 30.6. The normalized spacial score (nSPS) is 19.9. The number of hydrogen-bond acceptors (Lipinski definition) is 3. The molecule has 192 valence electrons. The Kier molecular flexibility index (Phi) is 12.8. The zero-order chi connectivity index (χ0) is 25.8. The number of carboxylic acid groups (broad SMARTS) is 1. The van der Waals surface area contributed by atoms with Crippen molar-refractivity contribution in [2.45, 2.75) is 116 Å². The van der Waals surface area contributed by atoms with Crippen molar-refractivity contribution in [3.63, 3.8) is 0 Å². The van der Waals surface area contributed by atoms with Gasteiger partial charge in [-0.25, -0.2) is 0 Å². The van der Waals surface area contributed by atoms with E-state index in [2.05, 4.69) is 75.9 Å². The maximum absolute atomic E-state index is 12.0. The van der Waals surface area contributed by atoms with E-state index in [1.165, 1.54) is 12.8 Å². The summed E-state index contributed by atoms with van der Waals surface area (Å²) in [6.45, 7) is 15.7. The molecule has 1 saturated carbocycles. The Morgan fingerprint density at radius 2 is 1.88 bits per heavy atom. The van der Waals surface area contributed by atoms with Gasteiger partial charge in [-0.15, -0.1) is 5.54 Å². The fourth-order valence-corrected chi connectivity index (χ4v) is 6.27. The molecule has 1 rings (SSSR count). The summed E-state index contributed by atoms with van der Waals surface area (Å²) in [5.74, 6) is 2.01. The topological polar surface area (TPSA) is 63.6 Å². The van der Waals surface area contributed by atoms with Crippen LogP contribution in [0.4, 0.5) is 0 Å². The second-order valence-electron chi connectivity index (χ2n) is 11.7. The lowest BCUT2D eigenvalue weighted by Gasteiger charge is -2.33. The molecule has 0 heterocycles. The van der Waals surface area contributed by atoms with E-state index < -0.39 is 33.9 Å². The molecule has 0 amide bonds. The molecule has 0 saturated heterocycles. The first-order valence-corrected chi connectivity index (χ1v) is 20.0. The largest absolute Gasteiger partial charge is 0.481 e. The molecule has 0 radical (unpaired) electrons. The quantitative estimate of drug-likeness (QED) is 0.116. The third kappa shape index (κ3) is 12.3. The van der Waals surface area contributed by atoms with Crippen LogP contribution in [0.3, 0.4) is 0 Å². The number of carboxylic acids is 1. The van der Waals surface area contributed by atoms with Crippen molar-refractivity contribution in [3.05, 3.63) is 24.3 Å². The summed E-state index contributed by atoms with van der Waals surface area (Å²) in [4.78, 5) is 23.6. The molecule has 0 spiro atoms. The van der Waals surface area contributed by atoms with Crippen molar-refractivity contribution in [1.29, 1.82) is 0 Å². The molecule has 0 aromatic rings. The van der Waals surface area contributed by atoms with Crippen molar-refractivity contribution in [2.24, 2.45) is 11.8 Å². The fraction of sp³-hybridized carbons (Fsp3) is 0.714. The number of carbonyl (C=O) groups excluding carboxylic acids is 1. The molecule has 3 atom stereocenters. The third-order valence-electron chi connectivity index (χ3n) is 5.91. The Bertz CT molecular complexity index is 777. The molecule has 1 N–H and O–H groups in total. The number of unbranched alkanes of at least 4 members (excludes halogenated alkanes) is 2. The highest BCUT2D eigenvalue weighted by Gasteiger charge is 2.36. The fourth-order valence-electron chi connectivity index (χ4n) is 4.37. The van der Waals surface area contributed by atoms with Gasteiger partial charge in [0.1, 0.15) is 19.5 Å². The minimum atomic E-state index is -1.81. The van der Waals surface area contributed by atoms with Gasteiger partial charge in [-0.1, -0.05) is 63.6 Å². The van der Waals surface area contributed by atoms with Gasteiger partial charge in [-0.3, -0.25) is 9.59 Å². The average molecular weight is 505 g/mol. The number of ketones is 1. The minimum Gasteiger partial charge on any atom is -0.481 e. The minimum absolute atomic E-state index is 0.126. The van der Waals surface area contributed by atoms with Gasteiger partial charge >= 0.3 is 5.97 Å². The lowest BCUT2D eigenvalue weighted by atomic mass is 9.86. The van der Waals surface area contributed by atoms with Gasteiger partial charge in [0.2, 0.25) is 0 Å². The molecule has 0 aliphatic heterocycles. The summed E-state index contributed by atoms with van der Waals surface area (Å²) in [6, 6.07) is 0. The lowest BCUT2D eigenvalue weighted by Crippen LogP contribution is -2.41. The summed E-state index contributed by atoms with van der Waals surface area (Å²) in [7, 11) is -3.35. The number of hydrogen-bond donors (Lipinski definition) is 1. The van der Waals surface area contributed by atoms with Crippen LogP contribution in [0.25, 0.3) is 0 Å². The van der Waals surface area contributed by atoms with Crippen LogP contribution in [0.5, 0.6) is 0 Å². The number of aliphatic carboxylic acids is 1. The van der Waals surface area contributed by atoms with Crippen molar-refractivity contribution in [1.82, 2.24) is 0 Å². The van der Waals surface area contributed by atoms with E-state index in [0.29, 0.717) is 19.3 Å². The molecule has 1 aliphatic carbocycles. The van der Waals surface area contributed by atoms with E-state index in [-0.39, 0.29) is 11.7 Å². The molecular weight excluding hydrogens is 456 g/mol. The van der Waals surface area contributed by atoms with Gasteiger partial charge in [-0.2, -0.15) is 0 Å². The predicted molar refractivity (Wildman–Crippen MR) is 148 cm³/mol. The van der Waals surface area contributed by atoms with Gasteiger partial charge in [0.05, 0.1) is 5.92 Å². The summed E-state index contributed by atoms with van der Waals surface area (Å²) < 4.78 is 6.70. The Balaban J connectivity index is 2.85. The molecule has 1 fully saturated rings. The SMILES string of the molecule is CCCCCC(C#C[Si](C)(C)C)(/C=C\C/C=C/CC[C@H](C(=O)O)[C@H]1CCCC1=O)O[Si](C)(C)C. The average Bonchev–Trinajstić information content (AvgIpc) is 3.12. The van der Waals surface area contributed by atoms with E-state index in [1.807, 2.05) is 6.08 Å². The molecular formula is C28H48O4Si2. The van der Waals surface area contributed by atoms with E-state index in [0.717, 1.165) is 32.1 Å². The Labute approximate surface area is 210 Å². The predicted octanol–water partition coefficient (Wildman–Crippen LogP) is 7.39.